The lowest BCUT2D eigenvalue weighted by atomic mass is 9.86. The number of aliphatic hydroxyl groups excluding tert-OH is 1. The van der Waals surface area contributed by atoms with Crippen LogP contribution in [0.3, 0.4) is 0 Å². The Morgan fingerprint density at radius 3 is 3.03 bits per heavy atom. The summed E-state index contributed by atoms with van der Waals surface area (Å²) >= 11 is 2.97. The smallest absolute Gasteiger partial charge is 0.226 e. The molecule has 188 valence electrons. The highest BCUT2D eigenvalue weighted by atomic mass is 32.2. The molecule has 1 saturated heterocycles. The summed E-state index contributed by atoms with van der Waals surface area (Å²) in [5, 5.41) is 14.1. The Bertz CT molecular complexity index is 1340. The van der Waals surface area contributed by atoms with Crippen LogP contribution in [0.15, 0.2) is 29.4 Å². The molecule has 2 aromatic heterocycles. The van der Waals surface area contributed by atoms with Crippen LogP contribution in [0.2, 0.25) is 0 Å². The lowest BCUT2D eigenvalue weighted by Crippen LogP contribution is -2.55. The highest BCUT2D eigenvalue weighted by molar-refractivity contribution is 8.14. The Morgan fingerprint density at radius 2 is 2.17 bits per heavy atom. The number of carbonyl (C=O) groups excluding carboxylic acids is 2. The summed E-state index contributed by atoms with van der Waals surface area (Å²) in [7, 11) is 2.07. The van der Waals surface area contributed by atoms with Crippen LogP contribution in [0.1, 0.15) is 28.8 Å². The van der Waals surface area contributed by atoms with Crippen molar-refractivity contribution < 1.29 is 14.7 Å². The second-order valence-electron chi connectivity index (χ2n) is 9.88. The molecule has 0 spiro atoms. The van der Waals surface area contributed by atoms with Crippen LogP contribution in [0.4, 0.5) is 11.5 Å². The quantitative estimate of drug-likeness (QED) is 0.526. The Morgan fingerprint density at radius 1 is 1.28 bits per heavy atom. The van der Waals surface area contributed by atoms with Crippen LogP contribution in [0, 0.1) is 5.92 Å². The summed E-state index contributed by atoms with van der Waals surface area (Å²) in [5.74, 6) is 1.01. The maximum atomic E-state index is 13.4. The third-order valence-electron chi connectivity index (χ3n) is 7.63. The molecule has 0 saturated carbocycles. The number of rotatable bonds is 5. The van der Waals surface area contributed by atoms with Gasteiger partial charge in [-0.1, -0.05) is 17.8 Å². The summed E-state index contributed by atoms with van der Waals surface area (Å²) in [4.78, 5) is 41.8. The van der Waals surface area contributed by atoms with Crippen LogP contribution in [0.5, 0.6) is 0 Å². The molecule has 1 aliphatic carbocycles. The minimum Gasteiger partial charge on any atom is -0.396 e. The summed E-state index contributed by atoms with van der Waals surface area (Å²) in [6.45, 7) is 2.43. The van der Waals surface area contributed by atoms with Gasteiger partial charge in [0.1, 0.15) is 17.0 Å². The summed E-state index contributed by atoms with van der Waals surface area (Å²) in [6, 6.07) is 6.25. The number of thioether (sulfide) groups is 1. The number of aryl methyl sites for hydroxylation is 1. The number of aliphatic hydroxyl groups is 1. The first-order valence-electron chi connectivity index (χ1n) is 12.5. The lowest BCUT2D eigenvalue weighted by molar-refractivity contribution is -0.138. The molecule has 2 unspecified atom stereocenters. The number of nitrogens with zero attached hydrogens (tertiary/aromatic N) is 4. The minimum atomic E-state index is -0.0145. The van der Waals surface area contributed by atoms with Gasteiger partial charge < -0.3 is 15.3 Å². The molecule has 0 radical (unpaired) electrons. The second-order valence-corrected chi connectivity index (χ2v) is 12.1. The number of amides is 1. The number of carbonyl (C=O) groups is 2. The van der Waals surface area contributed by atoms with Crippen molar-refractivity contribution in [3.63, 3.8) is 0 Å². The molecule has 0 bridgehead atoms. The van der Waals surface area contributed by atoms with Crippen LogP contribution >= 0.6 is 23.1 Å². The van der Waals surface area contributed by atoms with Crippen molar-refractivity contribution in [2.45, 2.75) is 43.0 Å². The molecule has 2 aliphatic heterocycles. The topological polar surface area (TPSA) is 98.7 Å². The zero-order chi connectivity index (χ0) is 24.8. The molecule has 8 nitrogen and oxygen atoms in total. The molecular weight excluding hydrogens is 494 g/mol. The monoisotopic (exact) mass is 523 g/mol. The van der Waals surface area contributed by atoms with E-state index in [-0.39, 0.29) is 29.6 Å². The van der Waals surface area contributed by atoms with Gasteiger partial charge >= 0.3 is 0 Å². The fourth-order valence-corrected chi connectivity index (χ4v) is 7.80. The predicted octanol–water partition coefficient (Wildman–Crippen LogP) is 3.24. The Hall–Kier alpha value is -2.53. The van der Waals surface area contributed by atoms with E-state index < -0.39 is 0 Å². The lowest BCUT2D eigenvalue weighted by Gasteiger charge is -2.41. The molecule has 3 aromatic rings. The van der Waals surface area contributed by atoms with Gasteiger partial charge in [-0.15, -0.1) is 11.3 Å². The minimum absolute atomic E-state index is 0.0145. The molecule has 10 heteroatoms. The zero-order valence-electron chi connectivity index (χ0n) is 20.2. The van der Waals surface area contributed by atoms with E-state index >= 15 is 0 Å². The van der Waals surface area contributed by atoms with Crippen molar-refractivity contribution in [3.05, 3.63) is 40.5 Å². The highest BCUT2D eigenvalue weighted by Crippen LogP contribution is 2.41. The maximum Gasteiger partial charge on any atom is 0.226 e. The maximum absolute atomic E-state index is 13.4. The summed E-state index contributed by atoms with van der Waals surface area (Å²) < 4.78 is 0. The van der Waals surface area contributed by atoms with Gasteiger partial charge in [0.05, 0.1) is 5.39 Å². The number of hydrogen-bond acceptors (Lipinski definition) is 9. The van der Waals surface area contributed by atoms with Gasteiger partial charge in [0.15, 0.2) is 5.12 Å². The molecule has 6 rings (SSSR count). The van der Waals surface area contributed by atoms with Crippen molar-refractivity contribution in [2.75, 3.05) is 38.6 Å². The number of fused-ring (bicyclic) bond motifs is 4. The number of nitrogens with one attached hydrogen (secondary N) is 1. The number of piperazine rings is 1. The number of benzene rings is 1. The summed E-state index contributed by atoms with van der Waals surface area (Å²) in [6.07, 6.45) is 5.16. The number of likely N-dealkylation sites (N-methyl/N-ethyl adjacent to an activating group) is 1. The van der Waals surface area contributed by atoms with Crippen molar-refractivity contribution >= 4 is 55.8 Å². The fraction of sp³-hybridized carbons (Fsp3) is 0.462. The standard InChI is InChI=1S/C26H29N5O3S2/c1-30-7-8-31(13-18(30)6-9-32)26(34)16-3-5-19-21(10-16)36-25-23(19)24(27-14-28-25)29-17-4-2-15-11-22(33)35-20(15)12-17/h2,4,12,14,16,18,32H,3,5-11,13H2,1H3,(H,27,28,29). The van der Waals surface area contributed by atoms with E-state index in [0.717, 1.165) is 64.5 Å². The van der Waals surface area contributed by atoms with Gasteiger partial charge in [0.25, 0.3) is 0 Å². The Balaban J connectivity index is 1.22. The molecule has 3 aliphatic rings. The highest BCUT2D eigenvalue weighted by Gasteiger charge is 2.34. The first kappa shape index (κ1) is 23.8. The summed E-state index contributed by atoms with van der Waals surface area (Å²) in [5.41, 5.74) is 3.24. The van der Waals surface area contributed by atoms with Gasteiger partial charge in [-0.25, -0.2) is 9.97 Å². The number of thiophene rings is 1. The molecule has 1 aromatic carbocycles. The van der Waals surface area contributed by atoms with Gasteiger partial charge in [-0.2, -0.15) is 0 Å². The number of hydrogen-bond donors (Lipinski definition) is 2. The van der Waals surface area contributed by atoms with E-state index in [1.807, 2.05) is 23.1 Å². The molecule has 1 fully saturated rings. The second kappa shape index (κ2) is 9.74. The van der Waals surface area contributed by atoms with Gasteiger partial charge in [0.2, 0.25) is 5.91 Å². The van der Waals surface area contributed by atoms with E-state index in [1.54, 1.807) is 17.7 Å². The van der Waals surface area contributed by atoms with Gasteiger partial charge in [-0.3, -0.25) is 14.5 Å². The third-order valence-corrected chi connectivity index (χ3v) is 9.77. The number of anilines is 2. The molecule has 1 amide bonds. The van der Waals surface area contributed by atoms with Crippen LogP contribution in [-0.2, 0) is 28.9 Å². The molecule has 2 N–H and O–H groups in total. The molecule has 36 heavy (non-hydrogen) atoms. The van der Waals surface area contributed by atoms with Crippen LogP contribution in [0.25, 0.3) is 10.2 Å². The van der Waals surface area contributed by atoms with Crippen LogP contribution in [-0.4, -0.2) is 75.2 Å². The largest absolute Gasteiger partial charge is 0.396 e. The van der Waals surface area contributed by atoms with Gasteiger partial charge in [0, 0.05) is 60.1 Å². The number of aromatic nitrogens is 2. The molecule has 2 atom stereocenters. The van der Waals surface area contributed by atoms with Crippen molar-refractivity contribution in [1.29, 1.82) is 0 Å². The van der Waals surface area contributed by atoms with Crippen molar-refractivity contribution in [1.82, 2.24) is 19.8 Å². The van der Waals surface area contributed by atoms with E-state index in [9.17, 15) is 14.7 Å². The SMILES string of the molecule is CN1CCN(C(=O)C2CCc3c(sc4ncnc(Nc5ccc6c(c5)SC(=O)C6)c34)C2)CC1CCO. The molecule has 4 heterocycles. The van der Waals surface area contributed by atoms with E-state index in [4.69, 9.17) is 0 Å². The predicted molar refractivity (Wildman–Crippen MR) is 142 cm³/mol. The Kier molecular flexibility index (Phi) is 6.45. The zero-order valence-corrected chi connectivity index (χ0v) is 21.8. The Labute approximate surface area is 218 Å². The normalized spacial score (nSPS) is 22.1. The van der Waals surface area contributed by atoms with Crippen molar-refractivity contribution in [3.8, 4) is 0 Å². The van der Waals surface area contributed by atoms with E-state index in [2.05, 4.69) is 27.2 Å². The molecular formula is C26H29N5O3S2. The third kappa shape index (κ3) is 4.40. The van der Waals surface area contributed by atoms with Crippen LogP contribution < -0.4 is 5.32 Å². The first-order valence-corrected chi connectivity index (χ1v) is 14.1. The average Bonchev–Trinajstić information content (AvgIpc) is 3.44. The van der Waals surface area contributed by atoms with E-state index in [1.165, 1.54) is 22.2 Å². The fourth-order valence-electron chi connectivity index (χ4n) is 5.61. The first-order chi connectivity index (χ1) is 17.5. The van der Waals surface area contributed by atoms with Gasteiger partial charge in [-0.05, 0) is 56.0 Å². The van der Waals surface area contributed by atoms with Crippen molar-refractivity contribution in [2.24, 2.45) is 5.92 Å². The van der Waals surface area contributed by atoms with E-state index in [0.29, 0.717) is 19.4 Å². The average molecular weight is 524 g/mol.